The Morgan fingerprint density at radius 1 is 1.55 bits per heavy atom. The molecular weight excluding hydrogens is 282 g/mol. The van der Waals surface area contributed by atoms with Crippen LogP contribution in [0.2, 0.25) is 0 Å². The maximum atomic E-state index is 12.0. The van der Waals surface area contributed by atoms with Crippen molar-refractivity contribution >= 4 is 6.09 Å². The van der Waals surface area contributed by atoms with Crippen molar-refractivity contribution in [2.24, 2.45) is 13.0 Å². The number of amides is 1. The second kappa shape index (κ2) is 7.63. The number of alkyl carbamates (subject to hydrolysis) is 1. The number of aryl methyl sites for hydroxylation is 1. The summed E-state index contributed by atoms with van der Waals surface area (Å²) in [6.07, 6.45) is 5.80. The number of ether oxygens (including phenoxy) is 2. The van der Waals surface area contributed by atoms with E-state index in [0.717, 1.165) is 24.8 Å². The lowest BCUT2D eigenvalue weighted by molar-refractivity contribution is -0.00128. The Morgan fingerprint density at radius 3 is 2.95 bits per heavy atom. The van der Waals surface area contributed by atoms with Crippen molar-refractivity contribution in [3.63, 3.8) is 0 Å². The molecule has 0 radical (unpaired) electrons. The average molecular weight is 309 g/mol. The maximum Gasteiger partial charge on any atom is 0.407 e. The third-order valence-electron chi connectivity index (χ3n) is 3.81. The molecule has 3 unspecified atom stereocenters. The number of rotatable bonds is 5. The van der Waals surface area contributed by atoms with Gasteiger partial charge in [0.15, 0.2) is 0 Å². The summed E-state index contributed by atoms with van der Waals surface area (Å²) in [6, 6.07) is 0.0812. The van der Waals surface area contributed by atoms with Crippen molar-refractivity contribution < 1.29 is 14.3 Å². The summed E-state index contributed by atoms with van der Waals surface area (Å²) in [6.45, 7) is 6.80. The highest BCUT2D eigenvalue weighted by molar-refractivity contribution is 5.67. The molecule has 6 heteroatoms. The van der Waals surface area contributed by atoms with Crippen LogP contribution in [0.15, 0.2) is 12.4 Å². The molecule has 2 heterocycles. The van der Waals surface area contributed by atoms with Crippen LogP contribution in [0.5, 0.6) is 0 Å². The van der Waals surface area contributed by atoms with Crippen LogP contribution in [0.25, 0.3) is 0 Å². The zero-order chi connectivity index (χ0) is 16.1. The van der Waals surface area contributed by atoms with Gasteiger partial charge in [0.2, 0.25) is 0 Å². The highest BCUT2D eigenvalue weighted by Crippen LogP contribution is 2.27. The molecule has 1 amide bonds. The number of carbonyl (C=O) groups excluding carboxylic acids is 1. The van der Waals surface area contributed by atoms with Gasteiger partial charge in [-0.15, -0.1) is 0 Å². The molecule has 2 rings (SSSR count). The van der Waals surface area contributed by atoms with Crippen LogP contribution in [0.3, 0.4) is 0 Å². The van der Waals surface area contributed by atoms with Crippen LogP contribution in [0, 0.1) is 5.92 Å². The minimum Gasteiger partial charge on any atom is -0.447 e. The van der Waals surface area contributed by atoms with E-state index < -0.39 is 0 Å². The topological polar surface area (TPSA) is 65.4 Å². The summed E-state index contributed by atoms with van der Waals surface area (Å²) in [5.41, 5.74) is 1.05. The van der Waals surface area contributed by atoms with Crippen LogP contribution in [0.1, 0.15) is 51.7 Å². The van der Waals surface area contributed by atoms with Gasteiger partial charge in [0.25, 0.3) is 0 Å². The standard InChI is InChI=1S/C16H27N3O3/c1-11(2)7-12(3)22-16(20)18-14-5-6-21-15(8-14)13-9-17-19(4)10-13/h9-12,14-15H,5-8H2,1-4H3,(H,18,20). The number of hydrogen-bond donors (Lipinski definition) is 1. The van der Waals surface area contributed by atoms with Crippen molar-refractivity contribution in [1.82, 2.24) is 15.1 Å². The van der Waals surface area contributed by atoms with Gasteiger partial charge in [-0.3, -0.25) is 4.68 Å². The molecule has 0 aromatic carbocycles. The largest absolute Gasteiger partial charge is 0.447 e. The van der Waals surface area contributed by atoms with Crippen molar-refractivity contribution in [3.05, 3.63) is 18.0 Å². The average Bonchev–Trinajstić information content (AvgIpc) is 2.84. The predicted molar refractivity (Wildman–Crippen MR) is 83.5 cm³/mol. The molecule has 124 valence electrons. The summed E-state index contributed by atoms with van der Waals surface area (Å²) >= 11 is 0. The summed E-state index contributed by atoms with van der Waals surface area (Å²) < 4.78 is 12.9. The first-order valence-corrected chi connectivity index (χ1v) is 8.01. The van der Waals surface area contributed by atoms with E-state index in [0.29, 0.717) is 12.5 Å². The molecular formula is C16H27N3O3. The van der Waals surface area contributed by atoms with Gasteiger partial charge in [-0.1, -0.05) is 13.8 Å². The second-order valence-corrected chi connectivity index (χ2v) is 6.52. The molecule has 1 fully saturated rings. The van der Waals surface area contributed by atoms with Gasteiger partial charge in [0.05, 0.1) is 12.3 Å². The van der Waals surface area contributed by atoms with E-state index in [2.05, 4.69) is 24.3 Å². The molecule has 1 aromatic rings. The fraction of sp³-hybridized carbons (Fsp3) is 0.750. The molecule has 0 aliphatic carbocycles. The van der Waals surface area contributed by atoms with Gasteiger partial charge >= 0.3 is 6.09 Å². The molecule has 22 heavy (non-hydrogen) atoms. The number of aromatic nitrogens is 2. The lowest BCUT2D eigenvalue weighted by atomic mass is 10.00. The summed E-state index contributed by atoms with van der Waals surface area (Å²) in [4.78, 5) is 12.0. The Bertz CT molecular complexity index is 487. The smallest absolute Gasteiger partial charge is 0.407 e. The quantitative estimate of drug-likeness (QED) is 0.908. The van der Waals surface area contributed by atoms with Crippen molar-refractivity contribution in [2.45, 2.75) is 58.3 Å². The van der Waals surface area contributed by atoms with E-state index in [1.54, 1.807) is 4.68 Å². The normalized spacial score (nSPS) is 23.3. The van der Waals surface area contributed by atoms with Gasteiger partial charge in [0, 0.05) is 31.5 Å². The zero-order valence-electron chi connectivity index (χ0n) is 13.9. The molecule has 0 spiro atoms. The van der Waals surface area contributed by atoms with Crippen molar-refractivity contribution in [3.8, 4) is 0 Å². The van der Waals surface area contributed by atoms with Crippen LogP contribution < -0.4 is 5.32 Å². The van der Waals surface area contributed by atoms with Gasteiger partial charge < -0.3 is 14.8 Å². The molecule has 1 aliphatic heterocycles. The van der Waals surface area contributed by atoms with Crippen LogP contribution in [0.4, 0.5) is 4.79 Å². The Hall–Kier alpha value is -1.56. The maximum absolute atomic E-state index is 12.0. The molecule has 0 saturated carbocycles. The number of nitrogens with zero attached hydrogens (tertiary/aromatic N) is 2. The van der Waals surface area contributed by atoms with E-state index in [4.69, 9.17) is 9.47 Å². The van der Waals surface area contributed by atoms with Crippen LogP contribution >= 0.6 is 0 Å². The van der Waals surface area contributed by atoms with E-state index in [9.17, 15) is 4.79 Å². The first-order valence-electron chi connectivity index (χ1n) is 8.01. The predicted octanol–water partition coefficient (Wildman–Crippen LogP) is 2.80. The zero-order valence-corrected chi connectivity index (χ0v) is 13.9. The van der Waals surface area contributed by atoms with Crippen LogP contribution in [-0.4, -0.2) is 34.6 Å². The lowest BCUT2D eigenvalue weighted by Crippen LogP contribution is -2.41. The first kappa shape index (κ1) is 16.8. The van der Waals surface area contributed by atoms with Gasteiger partial charge in [-0.05, 0) is 32.1 Å². The molecule has 0 bridgehead atoms. The van der Waals surface area contributed by atoms with Crippen LogP contribution in [-0.2, 0) is 16.5 Å². The van der Waals surface area contributed by atoms with E-state index in [1.165, 1.54) is 0 Å². The number of carbonyl (C=O) groups is 1. The highest BCUT2D eigenvalue weighted by atomic mass is 16.6. The monoisotopic (exact) mass is 309 g/mol. The molecule has 6 nitrogen and oxygen atoms in total. The summed E-state index contributed by atoms with van der Waals surface area (Å²) in [5, 5.41) is 7.13. The molecule has 1 aliphatic rings. The molecule has 3 atom stereocenters. The summed E-state index contributed by atoms with van der Waals surface area (Å²) in [5.74, 6) is 0.515. The minimum absolute atomic E-state index is 0.0131. The third kappa shape index (κ3) is 5.02. The Morgan fingerprint density at radius 2 is 2.32 bits per heavy atom. The lowest BCUT2D eigenvalue weighted by Gasteiger charge is -2.29. The first-order chi connectivity index (χ1) is 10.4. The van der Waals surface area contributed by atoms with E-state index in [-0.39, 0.29) is 24.3 Å². The number of hydrogen-bond acceptors (Lipinski definition) is 4. The van der Waals surface area contributed by atoms with Crippen molar-refractivity contribution in [1.29, 1.82) is 0 Å². The number of nitrogens with one attached hydrogen (secondary N) is 1. The second-order valence-electron chi connectivity index (χ2n) is 6.52. The highest BCUT2D eigenvalue weighted by Gasteiger charge is 2.26. The summed E-state index contributed by atoms with van der Waals surface area (Å²) in [7, 11) is 1.88. The molecule has 1 aromatic heterocycles. The minimum atomic E-state index is -0.329. The van der Waals surface area contributed by atoms with Crippen molar-refractivity contribution in [2.75, 3.05) is 6.61 Å². The molecule has 1 N–H and O–H groups in total. The Kier molecular flexibility index (Phi) is 5.83. The molecule has 1 saturated heterocycles. The van der Waals surface area contributed by atoms with E-state index >= 15 is 0 Å². The fourth-order valence-corrected chi connectivity index (χ4v) is 2.86. The van der Waals surface area contributed by atoms with E-state index in [1.807, 2.05) is 26.4 Å². The third-order valence-corrected chi connectivity index (χ3v) is 3.81. The Labute approximate surface area is 132 Å². The van der Waals surface area contributed by atoms with Gasteiger partial charge in [0.1, 0.15) is 6.10 Å². The SMILES string of the molecule is CC(C)CC(C)OC(=O)NC1CCOC(c2cnn(C)c2)C1. The Balaban J connectivity index is 1.81. The van der Waals surface area contributed by atoms with Gasteiger partial charge in [-0.2, -0.15) is 5.10 Å². The van der Waals surface area contributed by atoms with Gasteiger partial charge in [-0.25, -0.2) is 4.79 Å². The fourth-order valence-electron chi connectivity index (χ4n) is 2.86.